The molecule has 0 radical (unpaired) electrons. The van der Waals surface area contributed by atoms with Crippen LogP contribution < -0.4 is 5.43 Å². The Morgan fingerprint density at radius 3 is 2.81 bits per heavy atom. The van der Waals surface area contributed by atoms with Gasteiger partial charge < -0.3 is 0 Å². The molecule has 0 aliphatic heterocycles. The molecule has 0 saturated heterocycles. The molecule has 0 aromatic heterocycles. The largest absolute Gasteiger partial charge is 0.273 e. The standard InChI is InChI=1S/C15H17N3O3/c1-10(11-4-2-5-12(8-11)18(20)21)16-17-14(19)13-9-15(13)6-3-7-15/h2,4-5,8,13H,3,6-7,9H2,1H3,(H,17,19)/t13-/m0/s1. The Morgan fingerprint density at radius 2 is 2.24 bits per heavy atom. The first-order valence-corrected chi connectivity index (χ1v) is 7.11. The van der Waals surface area contributed by atoms with Crippen molar-refractivity contribution in [1.82, 2.24) is 5.43 Å². The lowest BCUT2D eigenvalue weighted by atomic mass is 9.80. The number of hydrazone groups is 1. The van der Waals surface area contributed by atoms with Gasteiger partial charge in [0.05, 0.1) is 10.6 Å². The topological polar surface area (TPSA) is 84.6 Å². The zero-order valence-corrected chi connectivity index (χ0v) is 11.8. The summed E-state index contributed by atoms with van der Waals surface area (Å²) >= 11 is 0. The van der Waals surface area contributed by atoms with E-state index < -0.39 is 4.92 Å². The molecule has 1 N–H and O–H groups in total. The van der Waals surface area contributed by atoms with Gasteiger partial charge in [-0.15, -0.1) is 0 Å². The molecule has 2 saturated carbocycles. The van der Waals surface area contributed by atoms with E-state index in [1.807, 2.05) is 0 Å². The predicted molar refractivity (Wildman–Crippen MR) is 77.8 cm³/mol. The van der Waals surface area contributed by atoms with Gasteiger partial charge in [-0.1, -0.05) is 18.6 Å². The summed E-state index contributed by atoms with van der Waals surface area (Å²) in [5.41, 5.74) is 4.09. The van der Waals surface area contributed by atoms with Crippen molar-refractivity contribution in [2.45, 2.75) is 32.6 Å². The molecule has 3 rings (SSSR count). The quantitative estimate of drug-likeness (QED) is 0.525. The molecule has 6 heteroatoms. The van der Waals surface area contributed by atoms with Gasteiger partial charge in [-0.05, 0) is 31.6 Å². The molecule has 1 atom stereocenters. The minimum Gasteiger partial charge on any atom is -0.273 e. The van der Waals surface area contributed by atoms with Crippen LogP contribution >= 0.6 is 0 Å². The second kappa shape index (κ2) is 4.95. The Bertz CT molecular complexity index is 635. The molecule has 2 fully saturated rings. The van der Waals surface area contributed by atoms with Gasteiger partial charge in [0.2, 0.25) is 5.91 Å². The summed E-state index contributed by atoms with van der Waals surface area (Å²) in [6, 6.07) is 6.23. The molecule has 0 unspecified atom stereocenters. The molecule has 21 heavy (non-hydrogen) atoms. The molecule has 6 nitrogen and oxygen atoms in total. The molecule has 0 bridgehead atoms. The third kappa shape index (κ3) is 2.53. The van der Waals surface area contributed by atoms with Crippen molar-refractivity contribution >= 4 is 17.3 Å². The Kier molecular flexibility index (Phi) is 3.23. The molecule has 2 aliphatic carbocycles. The number of hydrogen-bond donors (Lipinski definition) is 1. The number of benzene rings is 1. The van der Waals surface area contributed by atoms with Crippen LogP contribution in [-0.4, -0.2) is 16.5 Å². The maximum atomic E-state index is 12.0. The average molecular weight is 287 g/mol. The first-order chi connectivity index (χ1) is 10.0. The van der Waals surface area contributed by atoms with E-state index in [0.717, 1.165) is 19.3 Å². The van der Waals surface area contributed by atoms with Crippen LogP contribution in [0, 0.1) is 21.4 Å². The number of nitro benzene ring substituents is 1. The summed E-state index contributed by atoms with van der Waals surface area (Å²) in [4.78, 5) is 22.3. The number of nitrogens with one attached hydrogen (secondary N) is 1. The van der Waals surface area contributed by atoms with E-state index in [-0.39, 0.29) is 22.9 Å². The molecule has 1 aromatic rings. The van der Waals surface area contributed by atoms with Crippen LogP contribution in [0.1, 0.15) is 38.2 Å². The third-order valence-corrected chi connectivity index (χ3v) is 4.66. The Labute approximate surface area is 122 Å². The highest BCUT2D eigenvalue weighted by atomic mass is 16.6. The second-order valence-corrected chi connectivity index (χ2v) is 5.95. The Balaban J connectivity index is 1.64. The van der Waals surface area contributed by atoms with Crippen LogP contribution in [0.25, 0.3) is 0 Å². The molecule has 1 amide bonds. The van der Waals surface area contributed by atoms with Crippen molar-refractivity contribution in [2.75, 3.05) is 0 Å². The van der Waals surface area contributed by atoms with Crippen molar-refractivity contribution in [3.63, 3.8) is 0 Å². The zero-order chi connectivity index (χ0) is 15.0. The number of nitrogens with zero attached hydrogens (tertiary/aromatic N) is 2. The van der Waals surface area contributed by atoms with Gasteiger partial charge in [-0.3, -0.25) is 14.9 Å². The highest BCUT2D eigenvalue weighted by Crippen LogP contribution is 2.65. The normalized spacial score (nSPS) is 22.5. The maximum Gasteiger partial charge on any atom is 0.270 e. The Hall–Kier alpha value is -2.24. The smallest absolute Gasteiger partial charge is 0.270 e. The monoisotopic (exact) mass is 287 g/mol. The molecular weight excluding hydrogens is 270 g/mol. The van der Waals surface area contributed by atoms with Gasteiger partial charge in [0.15, 0.2) is 0 Å². The van der Waals surface area contributed by atoms with Crippen LogP contribution in [-0.2, 0) is 4.79 Å². The van der Waals surface area contributed by atoms with E-state index >= 15 is 0 Å². The van der Waals surface area contributed by atoms with Gasteiger partial charge in [0.1, 0.15) is 0 Å². The number of amides is 1. The lowest BCUT2D eigenvalue weighted by Crippen LogP contribution is -2.26. The van der Waals surface area contributed by atoms with Crippen LogP contribution in [0.4, 0.5) is 5.69 Å². The second-order valence-electron chi connectivity index (χ2n) is 5.95. The third-order valence-electron chi connectivity index (χ3n) is 4.66. The number of carbonyl (C=O) groups is 1. The van der Waals surface area contributed by atoms with Crippen LogP contribution in [0.5, 0.6) is 0 Å². The first-order valence-electron chi connectivity index (χ1n) is 7.11. The number of hydrogen-bond acceptors (Lipinski definition) is 4. The van der Waals surface area contributed by atoms with Gasteiger partial charge in [-0.25, -0.2) is 5.43 Å². The summed E-state index contributed by atoms with van der Waals surface area (Å²) in [7, 11) is 0. The molecular formula is C15H17N3O3. The fraction of sp³-hybridized carbons (Fsp3) is 0.467. The summed E-state index contributed by atoms with van der Waals surface area (Å²) in [6.07, 6.45) is 4.50. The van der Waals surface area contributed by atoms with Crippen LogP contribution in [0.15, 0.2) is 29.4 Å². The van der Waals surface area contributed by atoms with Crippen molar-refractivity contribution in [2.24, 2.45) is 16.4 Å². The zero-order valence-electron chi connectivity index (χ0n) is 11.8. The molecule has 1 aromatic carbocycles. The van der Waals surface area contributed by atoms with E-state index in [1.54, 1.807) is 19.1 Å². The highest BCUT2D eigenvalue weighted by molar-refractivity contribution is 5.99. The minimum absolute atomic E-state index is 0.0176. The highest BCUT2D eigenvalue weighted by Gasteiger charge is 2.60. The fourth-order valence-electron chi connectivity index (χ4n) is 3.03. The van der Waals surface area contributed by atoms with E-state index in [9.17, 15) is 14.9 Å². The van der Waals surface area contributed by atoms with Crippen molar-refractivity contribution in [1.29, 1.82) is 0 Å². The van der Waals surface area contributed by atoms with E-state index in [0.29, 0.717) is 11.3 Å². The number of rotatable bonds is 4. The van der Waals surface area contributed by atoms with E-state index in [4.69, 9.17) is 0 Å². The summed E-state index contributed by atoms with van der Waals surface area (Å²) in [6.45, 7) is 1.73. The van der Waals surface area contributed by atoms with Crippen molar-refractivity contribution < 1.29 is 9.72 Å². The average Bonchev–Trinajstić information content (AvgIpc) is 3.20. The molecule has 1 spiro atoms. The molecule has 110 valence electrons. The van der Waals surface area contributed by atoms with Crippen LogP contribution in [0.3, 0.4) is 0 Å². The maximum absolute atomic E-state index is 12.0. The predicted octanol–water partition coefficient (Wildman–Crippen LogP) is 2.63. The first kappa shape index (κ1) is 13.7. The number of non-ortho nitro benzene ring substituents is 1. The number of carbonyl (C=O) groups excluding carboxylic acids is 1. The number of nitro groups is 1. The lowest BCUT2D eigenvalue weighted by Gasteiger charge is -2.25. The lowest BCUT2D eigenvalue weighted by molar-refractivity contribution is -0.384. The van der Waals surface area contributed by atoms with Crippen molar-refractivity contribution in [3.05, 3.63) is 39.9 Å². The SMILES string of the molecule is CC(=NNC(=O)[C@@H]1CC12CCC2)c1cccc([N+](=O)[O-])c1. The summed E-state index contributed by atoms with van der Waals surface area (Å²) in [5, 5.41) is 14.8. The minimum atomic E-state index is -0.445. The molecule has 2 aliphatic rings. The van der Waals surface area contributed by atoms with Gasteiger partial charge in [0, 0.05) is 23.6 Å². The van der Waals surface area contributed by atoms with Gasteiger partial charge in [-0.2, -0.15) is 5.10 Å². The van der Waals surface area contributed by atoms with Gasteiger partial charge in [0.25, 0.3) is 5.69 Å². The molecule has 0 heterocycles. The fourth-order valence-corrected chi connectivity index (χ4v) is 3.03. The van der Waals surface area contributed by atoms with E-state index in [1.165, 1.54) is 18.6 Å². The van der Waals surface area contributed by atoms with E-state index in [2.05, 4.69) is 10.5 Å². The summed E-state index contributed by atoms with van der Waals surface area (Å²) < 4.78 is 0. The van der Waals surface area contributed by atoms with Crippen LogP contribution in [0.2, 0.25) is 0 Å². The summed E-state index contributed by atoms with van der Waals surface area (Å²) in [5.74, 6) is 0.0763. The van der Waals surface area contributed by atoms with Crippen molar-refractivity contribution in [3.8, 4) is 0 Å². The Morgan fingerprint density at radius 1 is 1.48 bits per heavy atom. The van der Waals surface area contributed by atoms with Gasteiger partial charge >= 0.3 is 0 Å².